The van der Waals surface area contributed by atoms with E-state index in [1.54, 1.807) is 0 Å². The van der Waals surface area contributed by atoms with Crippen molar-refractivity contribution in [3.63, 3.8) is 0 Å². The molecule has 14 heteroatoms. The van der Waals surface area contributed by atoms with Crippen molar-refractivity contribution in [3.05, 3.63) is 11.9 Å². The SMILES string of the molecule is COCc1cn(C2[C@@H](NC(=O)C(C)C)[C@@](O)(C[C@H](O)CO)O[C@@](F)(C(=O)O)[C@H]2F)nn1. The van der Waals surface area contributed by atoms with Crippen molar-refractivity contribution in [2.24, 2.45) is 5.92 Å². The largest absolute Gasteiger partial charge is 0.477 e. The molecular weight excluding hydrogens is 426 g/mol. The number of carboxylic acid groups (broad SMARTS) is 1. The highest BCUT2D eigenvalue weighted by molar-refractivity contribution is 5.79. The third-order valence-electron chi connectivity index (χ3n) is 4.82. The van der Waals surface area contributed by atoms with Crippen molar-refractivity contribution >= 4 is 11.9 Å². The molecule has 176 valence electrons. The molecule has 0 aliphatic carbocycles. The van der Waals surface area contributed by atoms with Crippen LogP contribution in [0.3, 0.4) is 0 Å². The van der Waals surface area contributed by atoms with Crippen molar-refractivity contribution in [3.8, 4) is 0 Å². The highest BCUT2D eigenvalue weighted by Crippen LogP contribution is 2.45. The van der Waals surface area contributed by atoms with Gasteiger partial charge in [-0.3, -0.25) is 9.53 Å². The zero-order valence-corrected chi connectivity index (χ0v) is 17.1. The maximum Gasteiger partial charge on any atom is 0.373 e. The van der Waals surface area contributed by atoms with Crippen LogP contribution in [0.2, 0.25) is 0 Å². The molecule has 1 aromatic rings. The molecule has 0 spiro atoms. The molecule has 1 saturated heterocycles. The summed E-state index contributed by atoms with van der Waals surface area (Å²) in [6, 6.07) is -3.77. The lowest BCUT2D eigenvalue weighted by Gasteiger charge is -2.50. The van der Waals surface area contributed by atoms with Crippen LogP contribution in [0.4, 0.5) is 8.78 Å². The van der Waals surface area contributed by atoms with Gasteiger partial charge in [0.1, 0.15) is 17.8 Å². The smallest absolute Gasteiger partial charge is 0.373 e. The van der Waals surface area contributed by atoms with Gasteiger partial charge in [0, 0.05) is 19.4 Å². The number of hydrogen-bond acceptors (Lipinski definition) is 9. The van der Waals surface area contributed by atoms with E-state index < -0.39 is 66.8 Å². The number of amides is 1. The number of aliphatic carboxylic acids is 1. The first-order chi connectivity index (χ1) is 14.4. The van der Waals surface area contributed by atoms with Gasteiger partial charge < -0.3 is 30.5 Å². The van der Waals surface area contributed by atoms with Gasteiger partial charge in [-0.2, -0.15) is 4.39 Å². The number of halogens is 2. The predicted molar refractivity (Wildman–Crippen MR) is 96.7 cm³/mol. The number of methoxy groups -OCH3 is 1. The van der Waals surface area contributed by atoms with Gasteiger partial charge in [-0.15, -0.1) is 5.10 Å². The topological polar surface area (TPSA) is 176 Å². The van der Waals surface area contributed by atoms with Crippen molar-refractivity contribution < 1.29 is 48.3 Å². The summed E-state index contributed by atoms with van der Waals surface area (Å²) in [5.74, 6) is -10.8. The van der Waals surface area contributed by atoms with Crippen molar-refractivity contribution in [1.29, 1.82) is 0 Å². The number of hydrogen-bond donors (Lipinski definition) is 5. The number of aliphatic hydroxyl groups is 3. The molecular formula is C17H26F2N4O8. The molecule has 2 rings (SSSR count). The molecule has 31 heavy (non-hydrogen) atoms. The van der Waals surface area contributed by atoms with E-state index in [0.29, 0.717) is 0 Å². The van der Waals surface area contributed by atoms with E-state index in [9.17, 15) is 24.9 Å². The summed E-state index contributed by atoms with van der Waals surface area (Å²) < 4.78 is 40.8. The molecule has 1 aliphatic rings. The molecule has 1 amide bonds. The average Bonchev–Trinajstić information content (AvgIpc) is 3.14. The van der Waals surface area contributed by atoms with Gasteiger partial charge >= 0.3 is 11.8 Å². The fourth-order valence-electron chi connectivity index (χ4n) is 3.24. The fourth-order valence-corrected chi connectivity index (χ4v) is 3.24. The van der Waals surface area contributed by atoms with Crippen molar-refractivity contribution in [1.82, 2.24) is 20.3 Å². The zero-order valence-electron chi connectivity index (χ0n) is 17.1. The average molecular weight is 452 g/mol. The van der Waals surface area contributed by atoms with Crippen LogP contribution in [0.1, 0.15) is 32.0 Å². The van der Waals surface area contributed by atoms with E-state index in [2.05, 4.69) is 20.4 Å². The minimum atomic E-state index is -4.07. The fraction of sp³-hybridized carbons (Fsp3) is 0.765. The first kappa shape index (κ1) is 25.0. The Hall–Kier alpha value is -2.26. The normalized spacial score (nSPS) is 32.1. The monoisotopic (exact) mass is 452 g/mol. The van der Waals surface area contributed by atoms with Gasteiger partial charge in [0.05, 0.1) is 25.5 Å². The number of carbonyl (C=O) groups excluding carboxylic acids is 1. The maximum atomic E-state index is 15.3. The summed E-state index contributed by atoms with van der Waals surface area (Å²) in [6.45, 7) is 2.02. The summed E-state index contributed by atoms with van der Waals surface area (Å²) in [7, 11) is 1.35. The van der Waals surface area contributed by atoms with Crippen molar-refractivity contribution in [2.75, 3.05) is 13.7 Å². The van der Waals surface area contributed by atoms with E-state index in [4.69, 9.17) is 9.84 Å². The van der Waals surface area contributed by atoms with Crippen LogP contribution in [-0.4, -0.2) is 91.0 Å². The molecule has 0 aromatic carbocycles. The Kier molecular flexibility index (Phi) is 7.65. The number of aromatic nitrogens is 3. The van der Waals surface area contributed by atoms with Crippen LogP contribution in [0.15, 0.2) is 6.20 Å². The summed E-state index contributed by atoms with van der Waals surface area (Å²) >= 11 is 0. The minimum absolute atomic E-state index is 0.0591. The minimum Gasteiger partial charge on any atom is -0.477 e. The van der Waals surface area contributed by atoms with Crippen LogP contribution in [-0.2, 0) is 25.7 Å². The molecule has 1 aliphatic heterocycles. The number of carbonyl (C=O) groups is 2. The second kappa shape index (κ2) is 9.48. The van der Waals surface area contributed by atoms with E-state index in [-0.39, 0.29) is 12.3 Å². The summed E-state index contributed by atoms with van der Waals surface area (Å²) in [6.07, 6.45) is -4.50. The Morgan fingerprint density at radius 3 is 2.61 bits per heavy atom. The quantitative estimate of drug-likeness (QED) is 0.301. The van der Waals surface area contributed by atoms with Crippen LogP contribution in [0.25, 0.3) is 0 Å². The number of rotatable bonds is 9. The van der Waals surface area contributed by atoms with E-state index >= 15 is 8.78 Å². The molecule has 1 fully saturated rings. The van der Waals surface area contributed by atoms with Crippen molar-refractivity contribution in [2.45, 2.75) is 62.9 Å². The molecule has 12 nitrogen and oxygen atoms in total. The molecule has 0 bridgehead atoms. The number of nitrogens with one attached hydrogen (secondary N) is 1. The summed E-state index contributed by atoms with van der Waals surface area (Å²) in [4.78, 5) is 23.9. The Bertz CT molecular complexity index is 796. The molecule has 0 saturated carbocycles. The van der Waals surface area contributed by atoms with Gasteiger partial charge in [0.15, 0.2) is 12.0 Å². The van der Waals surface area contributed by atoms with Crippen LogP contribution in [0.5, 0.6) is 0 Å². The molecule has 6 atom stereocenters. The highest BCUT2D eigenvalue weighted by Gasteiger charge is 2.67. The summed E-state index contributed by atoms with van der Waals surface area (Å²) in [5, 5.41) is 49.0. The second-order valence-corrected chi connectivity index (χ2v) is 7.59. The number of aliphatic hydroxyl groups excluding tert-OH is 2. The van der Waals surface area contributed by atoms with Gasteiger partial charge in [-0.25, -0.2) is 13.9 Å². The van der Waals surface area contributed by atoms with Crippen LogP contribution >= 0.6 is 0 Å². The molecule has 1 unspecified atom stereocenters. The lowest BCUT2D eigenvalue weighted by molar-refractivity contribution is -0.366. The molecule has 2 heterocycles. The Balaban J connectivity index is 2.63. The second-order valence-electron chi connectivity index (χ2n) is 7.59. The summed E-state index contributed by atoms with van der Waals surface area (Å²) in [5.41, 5.74) is 0.175. The number of alkyl halides is 2. The van der Waals surface area contributed by atoms with E-state index in [1.807, 2.05) is 0 Å². The van der Waals surface area contributed by atoms with Crippen LogP contribution in [0, 0.1) is 5.92 Å². The Labute approximate surface area is 175 Å². The first-order valence-corrected chi connectivity index (χ1v) is 9.37. The van der Waals surface area contributed by atoms with E-state index in [0.717, 1.165) is 10.9 Å². The van der Waals surface area contributed by atoms with Gasteiger partial charge in [0.2, 0.25) is 5.91 Å². The standard InChI is InChI=1S/C17H26F2N4O8/c1-8(2)14(26)20-13-11(23-5-9(7-30-3)21-22-23)12(18)17(19,15(27)28)31-16(13,29)4-10(25)6-24/h5,8,10-13,24-25,29H,4,6-7H2,1-3H3,(H,20,26)(H,27,28)/t10-,11?,12-,13+,16+,17+/m0/s1. The van der Waals surface area contributed by atoms with Crippen LogP contribution < -0.4 is 5.32 Å². The molecule has 1 aromatic heterocycles. The number of ether oxygens (including phenoxy) is 2. The zero-order chi connectivity index (χ0) is 23.6. The predicted octanol–water partition coefficient (Wildman–Crippen LogP) is -1.34. The number of nitrogens with zero attached hydrogens (tertiary/aromatic N) is 3. The van der Waals surface area contributed by atoms with Gasteiger partial charge in [0.25, 0.3) is 0 Å². The number of carboxylic acids is 1. The Morgan fingerprint density at radius 2 is 2.10 bits per heavy atom. The maximum absolute atomic E-state index is 15.3. The van der Waals surface area contributed by atoms with E-state index in [1.165, 1.54) is 21.0 Å². The lowest BCUT2D eigenvalue weighted by atomic mass is 9.84. The van der Waals surface area contributed by atoms with Gasteiger partial charge in [-0.05, 0) is 0 Å². The first-order valence-electron chi connectivity index (χ1n) is 9.37. The molecule has 0 radical (unpaired) electrons. The molecule has 5 N–H and O–H groups in total. The van der Waals surface area contributed by atoms with Gasteiger partial charge in [-0.1, -0.05) is 19.1 Å². The Morgan fingerprint density at radius 1 is 1.45 bits per heavy atom. The highest BCUT2D eigenvalue weighted by atomic mass is 19.2. The lowest BCUT2D eigenvalue weighted by Crippen LogP contribution is -2.72. The third kappa shape index (κ3) is 4.98. The third-order valence-corrected chi connectivity index (χ3v) is 4.82.